The SMILES string of the molecule is C=C(C)CC[C@@]1(n2cnc3c(N)ncnc32)O[C@H](CO)[C@@H](O)[C@]1(O)SC. The van der Waals surface area contributed by atoms with E-state index in [2.05, 4.69) is 21.5 Å². The van der Waals surface area contributed by atoms with E-state index in [1.54, 1.807) is 10.8 Å². The number of nitrogens with two attached hydrogens (primary N) is 1. The molecule has 142 valence electrons. The highest BCUT2D eigenvalue weighted by Crippen LogP contribution is 2.52. The summed E-state index contributed by atoms with van der Waals surface area (Å²) >= 11 is 1.05. The average molecular weight is 381 g/mol. The number of imidazole rings is 1. The molecule has 0 amide bonds. The molecule has 0 bridgehead atoms. The highest BCUT2D eigenvalue weighted by atomic mass is 32.2. The molecule has 26 heavy (non-hydrogen) atoms. The fraction of sp³-hybridized carbons (Fsp3) is 0.562. The Bertz CT molecular complexity index is 830. The van der Waals surface area contributed by atoms with E-state index >= 15 is 0 Å². The number of thioether (sulfide) groups is 1. The predicted octanol–water partition coefficient (Wildman–Crippen LogP) is 0.221. The third kappa shape index (κ3) is 2.60. The van der Waals surface area contributed by atoms with Crippen LogP contribution < -0.4 is 5.73 Å². The Balaban J connectivity index is 2.24. The van der Waals surface area contributed by atoms with Crippen LogP contribution in [0.5, 0.6) is 0 Å². The Morgan fingerprint density at radius 3 is 2.81 bits per heavy atom. The molecule has 1 fully saturated rings. The lowest BCUT2D eigenvalue weighted by Crippen LogP contribution is -2.55. The molecule has 0 unspecified atom stereocenters. The van der Waals surface area contributed by atoms with Crippen molar-refractivity contribution in [3.8, 4) is 0 Å². The number of ether oxygens (including phenoxy) is 1. The second-order valence-corrected chi connectivity index (χ2v) is 7.50. The van der Waals surface area contributed by atoms with Crippen LogP contribution in [0.4, 0.5) is 5.82 Å². The van der Waals surface area contributed by atoms with Crippen molar-refractivity contribution >= 4 is 28.7 Å². The lowest BCUT2D eigenvalue weighted by atomic mass is 9.95. The summed E-state index contributed by atoms with van der Waals surface area (Å²) in [4.78, 5) is 10.7. The Kier molecular flexibility index (Phi) is 4.97. The second kappa shape index (κ2) is 6.78. The van der Waals surface area contributed by atoms with Gasteiger partial charge in [-0.2, -0.15) is 0 Å². The fourth-order valence-electron chi connectivity index (χ4n) is 3.39. The van der Waals surface area contributed by atoms with Crippen LogP contribution in [0.3, 0.4) is 0 Å². The summed E-state index contributed by atoms with van der Waals surface area (Å²) in [5.41, 5.74) is 6.08. The average Bonchev–Trinajstić information content (AvgIpc) is 3.14. The Morgan fingerprint density at radius 2 is 2.19 bits per heavy atom. The van der Waals surface area contributed by atoms with E-state index in [9.17, 15) is 15.3 Å². The summed E-state index contributed by atoms with van der Waals surface area (Å²) in [6.07, 6.45) is 2.97. The van der Waals surface area contributed by atoms with E-state index in [-0.39, 0.29) is 5.82 Å². The van der Waals surface area contributed by atoms with Gasteiger partial charge in [-0.15, -0.1) is 18.3 Å². The van der Waals surface area contributed by atoms with Gasteiger partial charge < -0.3 is 25.8 Å². The van der Waals surface area contributed by atoms with Crippen molar-refractivity contribution in [2.75, 3.05) is 18.6 Å². The molecule has 0 saturated carbocycles. The van der Waals surface area contributed by atoms with Crippen molar-refractivity contribution in [2.45, 2.75) is 42.6 Å². The molecule has 1 aliphatic rings. The van der Waals surface area contributed by atoms with Gasteiger partial charge in [0, 0.05) is 6.42 Å². The first-order valence-corrected chi connectivity index (χ1v) is 9.36. The Hall–Kier alpha value is -1.72. The van der Waals surface area contributed by atoms with E-state index in [4.69, 9.17) is 10.5 Å². The molecule has 4 atom stereocenters. The highest BCUT2D eigenvalue weighted by molar-refractivity contribution is 7.99. The van der Waals surface area contributed by atoms with Crippen molar-refractivity contribution < 1.29 is 20.1 Å². The molecule has 5 N–H and O–H groups in total. The monoisotopic (exact) mass is 381 g/mol. The van der Waals surface area contributed by atoms with Gasteiger partial charge >= 0.3 is 0 Å². The van der Waals surface area contributed by atoms with E-state index in [1.165, 1.54) is 12.7 Å². The number of anilines is 1. The summed E-state index contributed by atoms with van der Waals surface area (Å²) in [5.74, 6) is 0.203. The number of fused-ring (bicyclic) bond motifs is 1. The Morgan fingerprint density at radius 1 is 1.46 bits per heavy atom. The van der Waals surface area contributed by atoms with Crippen molar-refractivity contribution in [1.29, 1.82) is 0 Å². The van der Waals surface area contributed by atoms with Crippen LogP contribution in [0.15, 0.2) is 24.8 Å². The molecule has 0 aliphatic carbocycles. The van der Waals surface area contributed by atoms with Crippen LogP contribution >= 0.6 is 11.8 Å². The van der Waals surface area contributed by atoms with Gasteiger partial charge in [-0.3, -0.25) is 4.57 Å². The molecule has 1 aliphatic heterocycles. The first-order chi connectivity index (χ1) is 12.3. The smallest absolute Gasteiger partial charge is 0.189 e. The van der Waals surface area contributed by atoms with Crippen LogP contribution in [-0.4, -0.2) is 64.8 Å². The fourth-order valence-corrected chi connectivity index (χ4v) is 4.35. The molecule has 0 spiro atoms. The number of allylic oxidation sites excluding steroid dienone is 1. The van der Waals surface area contributed by atoms with Crippen molar-refractivity contribution in [1.82, 2.24) is 19.5 Å². The predicted molar refractivity (Wildman–Crippen MR) is 98.2 cm³/mol. The zero-order valence-corrected chi connectivity index (χ0v) is 15.5. The van der Waals surface area contributed by atoms with Crippen molar-refractivity contribution in [3.63, 3.8) is 0 Å². The van der Waals surface area contributed by atoms with Gasteiger partial charge in [0.2, 0.25) is 0 Å². The molecule has 3 heterocycles. The summed E-state index contributed by atoms with van der Waals surface area (Å²) in [6.45, 7) is 5.34. The molecule has 10 heteroatoms. The van der Waals surface area contributed by atoms with Gasteiger partial charge in [0.1, 0.15) is 24.1 Å². The van der Waals surface area contributed by atoms with Gasteiger partial charge in [-0.1, -0.05) is 5.57 Å². The third-order valence-corrected chi connectivity index (χ3v) is 5.97. The molecular formula is C16H23N5O4S. The maximum Gasteiger partial charge on any atom is 0.189 e. The van der Waals surface area contributed by atoms with E-state index in [0.717, 1.165) is 17.3 Å². The molecule has 0 radical (unpaired) electrons. The number of aliphatic hydroxyl groups excluding tert-OH is 2. The first kappa shape index (κ1) is 19.1. The maximum atomic E-state index is 11.4. The standard InChI is InChI=1S/C16H23N5O4S/c1-9(2)4-5-15(16(24,26-3)12(23)10(6-22)25-15)21-8-20-11-13(17)18-7-19-14(11)21/h7-8,10,12,22-24H,1,4-6H2,2-3H3,(H2,17,18,19)/t10-,12-,15-,16+/m1/s1. The van der Waals surface area contributed by atoms with Crippen LogP contribution in [0.1, 0.15) is 19.8 Å². The largest absolute Gasteiger partial charge is 0.394 e. The van der Waals surface area contributed by atoms with Crippen molar-refractivity contribution in [3.05, 3.63) is 24.8 Å². The number of nitrogen functional groups attached to an aromatic ring is 1. The third-order valence-electron chi connectivity index (χ3n) is 4.79. The van der Waals surface area contributed by atoms with Crippen LogP contribution in [-0.2, 0) is 10.5 Å². The highest BCUT2D eigenvalue weighted by Gasteiger charge is 2.66. The van der Waals surface area contributed by atoms with Gasteiger partial charge in [-0.25, -0.2) is 15.0 Å². The summed E-state index contributed by atoms with van der Waals surface area (Å²) in [6, 6.07) is 0. The molecule has 9 nitrogen and oxygen atoms in total. The van der Waals surface area contributed by atoms with Gasteiger partial charge in [-0.05, 0) is 19.6 Å². The number of nitrogens with zero attached hydrogens (tertiary/aromatic N) is 4. The van der Waals surface area contributed by atoms with Crippen LogP contribution in [0.25, 0.3) is 11.2 Å². The van der Waals surface area contributed by atoms with Crippen molar-refractivity contribution in [2.24, 2.45) is 0 Å². The molecule has 2 aromatic rings. The summed E-state index contributed by atoms with van der Waals surface area (Å²) < 4.78 is 7.64. The van der Waals surface area contributed by atoms with Gasteiger partial charge in [0.05, 0.1) is 12.9 Å². The van der Waals surface area contributed by atoms with Gasteiger partial charge in [0.25, 0.3) is 0 Å². The zero-order chi connectivity index (χ0) is 19.1. The minimum atomic E-state index is -1.75. The Labute approximate surface area is 154 Å². The lowest BCUT2D eigenvalue weighted by Gasteiger charge is -2.41. The zero-order valence-electron chi connectivity index (χ0n) is 14.7. The molecule has 1 saturated heterocycles. The minimum absolute atomic E-state index is 0.203. The second-order valence-electron chi connectivity index (χ2n) is 6.47. The number of rotatable bonds is 6. The van der Waals surface area contributed by atoms with Gasteiger partial charge in [0.15, 0.2) is 22.1 Å². The van der Waals surface area contributed by atoms with Crippen LogP contribution in [0, 0.1) is 0 Å². The van der Waals surface area contributed by atoms with E-state index in [1.807, 2.05) is 6.92 Å². The number of aliphatic hydroxyl groups is 3. The maximum absolute atomic E-state index is 11.4. The molecule has 2 aromatic heterocycles. The first-order valence-electron chi connectivity index (χ1n) is 8.13. The van der Waals surface area contributed by atoms with E-state index in [0.29, 0.717) is 24.0 Å². The lowest BCUT2D eigenvalue weighted by molar-refractivity contribution is -0.161. The van der Waals surface area contributed by atoms with Crippen LogP contribution in [0.2, 0.25) is 0 Å². The summed E-state index contributed by atoms with van der Waals surface area (Å²) in [7, 11) is 0. The number of hydrogen-bond donors (Lipinski definition) is 4. The molecule has 0 aromatic carbocycles. The minimum Gasteiger partial charge on any atom is -0.394 e. The molecule has 3 rings (SSSR count). The molecular weight excluding hydrogens is 358 g/mol. The normalized spacial score (nSPS) is 31.6. The summed E-state index contributed by atoms with van der Waals surface area (Å²) in [5, 5.41) is 31.7. The number of aromatic nitrogens is 4. The quantitative estimate of drug-likeness (QED) is 0.408. The topological polar surface area (TPSA) is 140 Å². The van der Waals surface area contributed by atoms with E-state index < -0.39 is 29.5 Å². The number of hydrogen-bond acceptors (Lipinski definition) is 9.